The molecule has 0 atom stereocenters. The summed E-state index contributed by atoms with van der Waals surface area (Å²) in [6.07, 6.45) is 0.932. The molecule has 0 fully saturated rings. The van der Waals surface area contributed by atoms with Gasteiger partial charge in [-0.15, -0.1) is 0 Å². The number of benzene rings is 3. The van der Waals surface area contributed by atoms with Gasteiger partial charge in [-0.25, -0.2) is 4.98 Å². The molecule has 1 heterocycles. The molecule has 1 aromatic heterocycles. The van der Waals surface area contributed by atoms with Crippen molar-refractivity contribution in [2.45, 2.75) is 13.3 Å². The third-order valence-corrected chi connectivity index (χ3v) is 4.74. The Hall–Kier alpha value is -3.51. The van der Waals surface area contributed by atoms with Crippen molar-refractivity contribution in [3.05, 3.63) is 83.9 Å². The number of para-hydroxylation sites is 2. The number of rotatable bonds is 4. The average Bonchev–Trinajstić information content (AvgIpc) is 3.18. The number of fused-ring (bicyclic) bond motifs is 1. The summed E-state index contributed by atoms with van der Waals surface area (Å²) in [5.74, 6) is 0.317. The first-order valence-corrected chi connectivity index (χ1v) is 9.70. The number of nitrogens with zero attached hydrogens (tertiary/aromatic N) is 1. The highest BCUT2D eigenvalue weighted by molar-refractivity contribution is 7.80. The highest BCUT2D eigenvalue weighted by atomic mass is 32.1. The minimum Gasteiger partial charge on any atom is -0.436 e. The quantitative estimate of drug-likeness (QED) is 0.461. The maximum Gasteiger partial charge on any atom is 0.257 e. The number of anilines is 1. The van der Waals surface area contributed by atoms with Crippen LogP contribution in [0.4, 0.5) is 5.69 Å². The number of thiocarbonyl (C=S) groups is 1. The van der Waals surface area contributed by atoms with Crippen LogP contribution in [0.5, 0.6) is 0 Å². The molecule has 0 unspecified atom stereocenters. The molecule has 0 saturated carbocycles. The lowest BCUT2D eigenvalue weighted by Crippen LogP contribution is -2.34. The van der Waals surface area contributed by atoms with E-state index in [0.29, 0.717) is 11.5 Å². The molecular weight excluding hydrogens is 382 g/mol. The number of carbonyl (C=O) groups excluding carboxylic acids is 1. The van der Waals surface area contributed by atoms with E-state index < -0.39 is 0 Å². The fraction of sp³-hybridized carbons (Fsp3) is 0.0870. The van der Waals surface area contributed by atoms with E-state index in [9.17, 15) is 4.79 Å². The molecule has 6 heteroatoms. The molecule has 29 heavy (non-hydrogen) atoms. The van der Waals surface area contributed by atoms with Gasteiger partial charge in [0.2, 0.25) is 5.89 Å². The van der Waals surface area contributed by atoms with Crippen LogP contribution >= 0.6 is 12.2 Å². The second kappa shape index (κ2) is 8.24. The summed E-state index contributed by atoms with van der Waals surface area (Å²) in [6, 6.07) is 22.6. The van der Waals surface area contributed by atoms with Gasteiger partial charge in [0.15, 0.2) is 10.7 Å². The number of aromatic nitrogens is 1. The molecule has 3 aromatic carbocycles. The highest BCUT2D eigenvalue weighted by Gasteiger charge is 2.10. The topological polar surface area (TPSA) is 67.2 Å². The lowest BCUT2D eigenvalue weighted by Gasteiger charge is -2.10. The van der Waals surface area contributed by atoms with Crippen molar-refractivity contribution in [3.8, 4) is 11.5 Å². The smallest absolute Gasteiger partial charge is 0.257 e. The van der Waals surface area contributed by atoms with Crippen molar-refractivity contribution in [1.29, 1.82) is 0 Å². The fourth-order valence-electron chi connectivity index (χ4n) is 2.92. The monoisotopic (exact) mass is 401 g/mol. The Balaban J connectivity index is 1.40. The molecule has 0 aliphatic carbocycles. The van der Waals surface area contributed by atoms with E-state index in [1.165, 1.54) is 5.56 Å². The normalized spacial score (nSPS) is 10.7. The molecular formula is C23H19N3O2S. The Bertz CT molecular complexity index is 1130. The van der Waals surface area contributed by atoms with Crippen molar-refractivity contribution in [1.82, 2.24) is 10.3 Å². The summed E-state index contributed by atoms with van der Waals surface area (Å²) >= 11 is 5.26. The molecule has 0 aliphatic rings. The maximum atomic E-state index is 12.3. The number of amides is 1. The first kappa shape index (κ1) is 18.8. The van der Waals surface area contributed by atoms with E-state index >= 15 is 0 Å². The van der Waals surface area contributed by atoms with E-state index in [1.54, 1.807) is 12.1 Å². The SMILES string of the molecule is CCc1ccc(C(=O)NC(=S)Nc2ccc(-c3nc4ccccc4o3)cc2)cc1. The Kier molecular flexibility index (Phi) is 5.35. The van der Waals surface area contributed by atoms with Crippen LogP contribution in [0.2, 0.25) is 0 Å². The summed E-state index contributed by atoms with van der Waals surface area (Å²) < 4.78 is 5.78. The van der Waals surface area contributed by atoms with Crippen molar-refractivity contribution in [2.75, 3.05) is 5.32 Å². The van der Waals surface area contributed by atoms with Crippen molar-refractivity contribution >= 4 is 40.0 Å². The van der Waals surface area contributed by atoms with Gasteiger partial charge < -0.3 is 9.73 Å². The van der Waals surface area contributed by atoms with E-state index in [-0.39, 0.29) is 11.0 Å². The molecule has 0 saturated heterocycles. The van der Waals surface area contributed by atoms with Crippen LogP contribution in [-0.4, -0.2) is 16.0 Å². The van der Waals surface area contributed by atoms with Gasteiger partial charge in [-0.05, 0) is 72.7 Å². The van der Waals surface area contributed by atoms with Crippen LogP contribution in [-0.2, 0) is 6.42 Å². The van der Waals surface area contributed by atoms with Crippen molar-refractivity contribution in [3.63, 3.8) is 0 Å². The number of nitrogens with one attached hydrogen (secondary N) is 2. The van der Waals surface area contributed by atoms with Gasteiger partial charge in [-0.2, -0.15) is 0 Å². The average molecular weight is 401 g/mol. The van der Waals surface area contributed by atoms with Crippen LogP contribution in [0.1, 0.15) is 22.8 Å². The zero-order valence-electron chi connectivity index (χ0n) is 15.8. The number of carbonyl (C=O) groups is 1. The first-order valence-electron chi connectivity index (χ1n) is 9.29. The van der Waals surface area contributed by atoms with Gasteiger partial charge in [0, 0.05) is 16.8 Å². The molecule has 5 nitrogen and oxygen atoms in total. The minimum atomic E-state index is -0.242. The van der Waals surface area contributed by atoms with Gasteiger partial charge >= 0.3 is 0 Å². The van der Waals surface area contributed by atoms with Crippen molar-refractivity contribution < 1.29 is 9.21 Å². The Labute approximate surface area is 173 Å². The highest BCUT2D eigenvalue weighted by Crippen LogP contribution is 2.25. The zero-order valence-corrected chi connectivity index (χ0v) is 16.6. The van der Waals surface area contributed by atoms with Gasteiger partial charge in [-0.3, -0.25) is 10.1 Å². The molecule has 0 spiro atoms. The minimum absolute atomic E-state index is 0.240. The lowest BCUT2D eigenvalue weighted by atomic mass is 10.1. The number of oxazole rings is 1. The third kappa shape index (κ3) is 4.33. The summed E-state index contributed by atoms with van der Waals surface area (Å²) in [6.45, 7) is 2.07. The molecule has 4 rings (SSSR count). The van der Waals surface area contributed by atoms with Gasteiger partial charge in [0.25, 0.3) is 5.91 Å². The molecule has 0 radical (unpaired) electrons. The van der Waals surface area contributed by atoms with E-state index in [2.05, 4.69) is 22.5 Å². The van der Waals surface area contributed by atoms with E-state index in [4.69, 9.17) is 16.6 Å². The van der Waals surface area contributed by atoms with Gasteiger partial charge in [0.1, 0.15) is 5.52 Å². The standard InChI is InChI=1S/C23H19N3O2S/c1-2-15-7-9-16(10-8-15)21(27)26-23(29)24-18-13-11-17(12-14-18)22-25-19-5-3-4-6-20(19)28-22/h3-14H,2H2,1H3,(H2,24,26,27,29). The fourth-order valence-corrected chi connectivity index (χ4v) is 3.13. The largest absolute Gasteiger partial charge is 0.436 e. The first-order chi connectivity index (χ1) is 14.1. The number of aryl methyl sites for hydroxylation is 1. The second-order valence-corrected chi connectivity index (χ2v) is 6.93. The lowest BCUT2D eigenvalue weighted by molar-refractivity contribution is 0.0977. The summed E-state index contributed by atoms with van der Waals surface area (Å²) in [5.41, 5.74) is 4.94. The zero-order chi connectivity index (χ0) is 20.2. The summed E-state index contributed by atoms with van der Waals surface area (Å²) in [7, 11) is 0. The van der Waals surface area contributed by atoms with Gasteiger partial charge in [-0.1, -0.05) is 31.2 Å². The Morgan fingerprint density at radius 3 is 2.41 bits per heavy atom. The van der Waals surface area contributed by atoms with E-state index in [0.717, 1.165) is 28.8 Å². The van der Waals surface area contributed by atoms with Crippen molar-refractivity contribution in [2.24, 2.45) is 0 Å². The van der Waals surface area contributed by atoms with Crippen LogP contribution < -0.4 is 10.6 Å². The predicted octanol–water partition coefficient (Wildman–Crippen LogP) is 5.18. The predicted molar refractivity (Wildman–Crippen MR) is 119 cm³/mol. The Morgan fingerprint density at radius 2 is 1.72 bits per heavy atom. The molecule has 1 amide bonds. The molecule has 2 N–H and O–H groups in total. The third-order valence-electron chi connectivity index (χ3n) is 4.54. The van der Waals surface area contributed by atoms with Crippen LogP contribution in [0.3, 0.4) is 0 Å². The number of hydrogen-bond donors (Lipinski definition) is 2. The summed E-state index contributed by atoms with van der Waals surface area (Å²) in [5, 5.41) is 5.96. The molecule has 0 aliphatic heterocycles. The second-order valence-electron chi connectivity index (χ2n) is 6.52. The Morgan fingerprint density at radius 1 is 1.00 bits per heavy atom. The van der Waals surface area contributed by atoms with Gasteiger partial charge in [0.05, 0.1) is 0 Å². The van der Waals surface area contributed by atoms with E-state index in [1.807, 2.05) is 60.7 Å². The summed E-state index contributed by atoms with van der Waals surface area (Å²) in [4.78, 5) is 16.8. The molecule has 4 aromatic rings. The molecule has 0 bridgehead atoms. The van der Waals surface area contributed by atoms with Crippen LogP contribution in [0.25, 0.3) is 22.6 Å². The van der Waals surface area contributed by atoms with Crippen LogP contribution in [0.15, 0.2) is 77.2 Å². The maximum absolute atomic E-state index is 12.3. The van der Waals surface area contributed by atoms with Crippen LogP contribution in [0, 0.1) is 0 Å². The number of hydrogen-bond acceptors (Lipinski definition) is 4. The molecule has 144 valence electrons.